The fraction of sp³-hybridized carbons (Fsp3) is 0.182. The van der Waals surface area contributed by atoms with Crippen molar-refractivity contribution in [3.05, 3.63) is 33.3 Å². The van der Waals surface area contributed by atoms with Crippen molar-refractivity contribution in [3.8, 4) is 0 Å². The number of carbonyl (C=O) groups is 3. The number of imide groups is 1. The molecule has 0 fully saturated rings. The van der Waals surface area contributed by atoms with Crippen molar-refractivity contribution in [2.45, 2.75) is 13.0 Å². The highest BCUT2D eigenvalue weighted by molar-refractivity contribution is 6.43. The Bertz CT molecular complexity index is 544. The molecule has 0 spiro atoms. The molecule has 1 aromatic rings. The highest BCUT2D eigenvalue weighted by atomic mass is 35.5. The summed E-state index contributed by atoms with van der Waals surface area (Å²) in [5, 5.41) is 11.0. The summed E-state index contributed by atoms with van der Waals surface area (Å²) in [5.74, 6) is -2.95. The van der Waals surface area contributed by atoms with Gasteiger partial charge in [0, 0.05) is 0 Å². The Morgan fingerprint density at radius 1 is 1.17 bits per heavy atom. The van der Waals surface area contributed by atoms with Gasteiger partial charge in [-0.05, 0) is 19.1 Å². The molecular formula is C11H6Cl2NO4-. The Balaban J connectivity index is 2.54. The zero-order valence-corrected chi connectivity index (χ0v) is 10.6. The lowest BCUT2D eigenvalue weighted by Crippen LogP contribution is -2.48. The van der Waals surface area contributed by atoms with E-state index in [1.54, 1.807) is 0 Å². The summed E-state index contributed by atoms with van der Waals surface area (Å²) in [4.78, 5) is 35.2. The Hall–Kier alpha value is -1.59. The Kier molecular flexibility index (Phi) is 3.04. The van der Waals surface area contributed by atoms with Gasteiger partial charge in [0.2, 0.25) is 0 Å². The third kappa shape index (κ3) is 1.76. The minimum Gasteiger partial charge on any atom is -0.548 e. The fourth-order valence-corrected chi connectivity index (χ4v) is 2.04. The Morgan fingerprint density at radius 2 is 1.56 bits per heavy atom. The van der Waals surface area contributed by atoms with Crippen LogP contribution in [0.2, 0.25) is 10.0 Å². The summed E-state index contributed by atoms with van der Waals surface area (Å²) in [5.41, 5.74) is 0.0880. The van der Waals surface area contributed by atoms with Crippen LogP contribution in [0.15, 0.2) is 12.1 Å². The maximum atomic E-state index is 11.9. The number of amides is 2. The number of carboxylic acid groups (broad SMARTS) is 1. The minimum atomic E-state index is -1.51. The second-order valence-corrected chi connectivity index (χ2v) is 4.60. The first-order valence-corrected chi connectivity index (χ1v) is 5.68. The Labute approximate surface area is 112 Å². The second kappa shape index (κ2) is 4.26. The van der Waals surface area contributed by atoms with Gasteiger partial charge < -0.3 is 9.90 Å². The standard InChI is InChI=1S/C11H7Cl2NO4/c1-4(11(17)18)14-9(15)5-2-7(12)8(13)3-6(5)10(14)16/h2-4H,1H3,(H,17,18)/p-1/t4-/m0/s1. The minimum absolute atomic E-state index is 0.0440. The maximum absolute atomic E-state index is 11.9. The van der Waals surface area contributed by atoms with Gasteiger partial charge in [0.05, 0.1) is 33.2 Å². The quantitative estimate of drug-likeness (QED) is 0.751. The third-order valence-corrected chi connectivity index (χ3v) is 3.41. The van der Waals surface area contributed by atoms with Gasteiger partial charge in [-0.25, -0.2) is 0 Å². The highest BCUT2D eigenvalue weighted by Crippen LogP contribution is 2.32. The largest absolute Gasteiger partial charge is 0.548 e. The number of benzene rings is 1. The lowest BCUT2D eigenvalue weighted by Gasteiger charge is -2.22. The SMILES string of the molecule is C[C@@H](C(=O)[O-])N1C(=O)c2cc(Cl)c(Cl)cc2C1=O. The molecule has 18 heavy (non-hydrogen) atoms. The van der Waals surface area contributed by atoms with Crippen LogP contribution in [0, 0.1) is 0 Å². The smallest absolute Gasteiger partial charge is 0.262 e. The predicted molar refractivity (Wildman–Crippen MR) is 61.4 cm³/mol. The molecule has 0 unspecified atom stereocenters. The van der Waals surface area contributed by atoms with Crippen molar-refractivity contribution < 1.29 is 19.5 Å². The summed E-state index contributed by atoms with van der Waals surface area (Å²) in [6.07, 6.45) is 0. The van der Waals surface area contributed by atoms with Crippen LogP contribution in [-0.4, -0.2) is 28.7 Å². The van der Waals surface area contributed by atoms with Crippen LogP contribution in [0.25, 0.3) is 0 Å². The molecule has 0 aromatic heterocycles. The number of carbonyl (C=O) groups excluding carboxylic acids is 3. The van der Waals surface area contributed by atoms with Gasteiger partial charge in [0.15, 0.2) is 0 Å². The number of halogens is 2. The van der Waals surface area contributed by atoms with Crippen LogP contribution < -0.4 is 5.11 Å². The molecule has 0 saturated heterocycles. The topological polar surface area (TPSA) is 77.5 Å². The average Bonchev–Trinajstić information content (AvgIpc) is 2.52. The van der Waals surface area contributed by atoms with E-state index in [1.165, 1.54) is 19.1 Å². The number of hydrogen-bond donors (Lipinski definition) is 0. The molecule has 5 nitrogen and oxygen atoms in total. The molecule has 0 N–H and O–H groups in total. The number of nitrogens with zero attached hydrogens (tertiary/aromatic N) is 1. The molecule has 2 amide bonds. The zero-order chi connectivity index (χ0) is 13.6. The third-order valence-electron chi connectivity index (χ3n) is 2.69. The second-order valence-electron chi connectivity index (χ2n) is 3.79. The lowest BCUT2D eigenvalue weighted by atomic mass is 10.1. The number of fused-ring (bicyclic) bond motifs is 1. The molecule has 1 atom stereocenters. The normalized spacial score (nSPS) is 15.8. The maximum Gasteiger partial charge on any atom is 0.262 e. The van der Waals surface area contributed by atoms with Gasteiger partial charge in [0.25, 0.3) is 11.8 Å². The van der Waals surface area contributed by atoms with Crippen molar-refractivity contribution >= 4 is 41.0 Å². The summed E-state index contributed by atoms with van der Waals surface area (Å²) in [6.45, 7) is 1.19. The summed E-state index contributed by atoms with van der Waals surface area (Å²) >= 11 is 11.5. The van der Waals surface area contributed by atoms with E-state index in [4.69, 9.17) is 23.2 Å². The number of aliphatic carboxylic acids is 1. The van der Waals surface area contributed by atoms with Crippen molar-refractivity contribution in [1.29, 1.82) is 0 Å². The highest BCUT2D eigenvalue weighted by Gasteiger charge is 2.39. The molecule has 0 saturated carbocycles. The van der Waals surface area contributed by atoms with Gasteiger partial charge in [-0.1, -0.05) is 23.2 Å². The van der Waals surface area contributed by atoms with Crippen molar-refractivity contribution in [2.75, 3.05) is 0 Å². The van der Waals surface area contributed by atoms with E-state index in [0.29, 0.717) is 4.90 Å². The van der Waals surface area contributed by atoms with Crippen molar-refractivity contribution in [1.82, 2.24) is 4.90 Å². The first-order valence-electron chi connectivity index (χ1n) is 4.92. The number of carboxylic acids is 1. The lowest BCUT2D eigenvalue weighted by molar-refractivity contribution is -0.309. The number of hydrogen-bond acceptors (Lipinski definition) is 4. The van der Waals surface area contributed by atoms with E-state index in [1.807, 2.05) is 0 Å². The predicted octanol–water partition coefficient (Wildman–Crippen LogP) is 0.728. The van der Waals surface area contributed by atoms with Crippen LogP contribution in [0.4, 0.5) is 0 Å². The molecule has 0 bridgehead atoms. The molecular weight excluding hydrogens is 281 g/mol. The molecule has 1 aliphatic rings. The van der Waals surface area contributed by atoms with E-state index in [2.05, 4.69) is 0 Å². The summed E-state index contributed by atoms with van der Waals surface area (Å²) in [6, 6.07) is 1.15. The van der Waals surface area contributed by atoms with Crippen LogP contribution >= 0.6 is 23.2 Å². The van der Waals surface area contributed by atoms with Crippen LogP contribution in [0.1, 0.15) is 27.6 Å². The molecule has 94 valence electrons. The van der Waals surface area contributed by atoms with Gasteiger partial charge in [-0.3, -0.25) is 14.5 Å². The van der Waals surface area contributed by atoms with Crippen molar-refractivity contribution in [2.24, 2.45) is 0 Å². The molecule has 7 heteroatoms. The van der Waals surface area contributed by atoms with Crippen molar-refractivity contribution in [3.63, 3.8) is 0 Å². The van der Waals surface area contributed by atoms with Gasteiger partial charge >= 0.3 is 0 Å². The average molecular weight is 287 g/mol. The van der Waals surface area contributed by atoms with E-state index >= 15 is 0 Å². The monoisotopic (exact) mass is 286 g/mol. The molecule has 1 aliphatic heterocycles. The van der Waals surface area contributed by atoms with E-state index < -0.39 is 23.8 Å². The van der Waals surface area contributed by atoms with E-state index in [0.717, 1.165) is 0 Å². The van der Waals surface area contributed by atoms with E-state index in [9.17, 15) is 19.5 Å². The van der Waals surface area contributed by atoms with Crippen LogP contribution in [0.5, 0.6) is 0 Å². The summed E-state index contributed by atoms with van der Waals surface area (Å²) < 4.78 is 0. The van der Waals surface area contributed by atoms with Gasteiger partial charge in [0.1, 0.15) is 0 Å². The molecule has 1 heterocycles. The van der Waals surface area contributed by atoms with Gasteiger partial charge in [-0.15, -0.1) is 0 Å². The first kappa shape index (κ1) is 12.9. The zero-order valence-electron chi connectivity index (χ0n) is 9.07. The number of rotatable bonds is 2. The van der Waals surface area contributed by atoms with Gasteiger partial charge in [-0.2, -0.15) is 0 Å². The van der Waals surface area contributed by atoms with Crippen LogP contribution in [-0.2, 0) is 4.79 Å². The Morgan fingerprint density at radius 3 is 1.89 bits per heavy atom. The van der Waals surface area contributed by atoms with E-state index in [-0.39, 0.29) is 21.2 Å². The van der Waals surface area contributed by atoms with Crippen LogP contribution in [0.3, 0.4) is 0 Å². The molecule has 0 radical (unpaired) electrons. The molecule has 1 aromatic carbocycles. The first-order chi connectivity index (χ1) is 8.34. The molecule has 2 rings (SSSR count). The fourth-order valence-electron chi connectivity index (χ4n) is 1.71. The summed E-state index contributed by atoms with van der Waals surface area (Å²) in [7, 11) is 0. The molecule has 0 aliphatic carbocycles.